The molecule has 7 atom stereocenters. The highest BCUT2D eigenvalue weighted by Crippen LogP contribution is 2.62. The maximum Gasteiger partial charge on any atom is 0.239 e. The molecular formula is C22H34N2O. The molecule has 3 fully saturated rings. The van der Waals surface area contributed by atoms with Gasteiger partial charge in [0.2, 0.25) is 11.9 Å². The van der Waals surface area contributed by atoms with Gasteiger partial charge in [-0.1, -0.05) is 26.0 Å². The van der Waals surface area contributed by atoms with Gasteiger partial charge in [0.25, 0.3) is 0 Å². The molecule has 25 heavy (non-hydrogen) atoms. The number of nitrogens with one attached hydrogen (secondary N) is 1. The van der Waals surface area contributed by atoms with Crippen LogP contribution < -0.4 is 5.32 Å². The van der Waals surface area contributed by atoms with E-state index in [1.807, 2.05) is 0 Å². The fraction of sp³-hybridized carbons (Fsp3) is 0.818. The molecule has 3 aliphatic carbocycles. The van der Waals surface area contributed by atoms with Gasteiger partial charge in [0.1, 0.15) is 0 Å². The van der Waals surface area contributed by atoms with Crippen molar-refractivity contribution in [2.75, 3.05) is 0 Å². The monoisotopic (exact) mass is 342 g/mol. The molecule has 0 radical (unpaired) electrons. The molecule has 0 aromatic rings. The summed E-state index contributed by atoms with van der Waals surface area (Å²) in [5, 5.41) is 3.01. The summed E-state index contributed by atoms with van der Waals surface area (Å²) in [6.45, 7) is 21.5. The molecule has 0 aromatic carbocycles. The van der Waals surface area contributed by atoms with E-state index in [1.165, 1.54) is 24.8 Å². The van der Waals surface area contributed by atoms with Gasteiger partial charge in [-0.2, -0.15) is 0 Å². The lowest BCUT2D eigenvalue weighted by molar-refractivity contribution is -0.111. The van der Waals surface area contributed by atoms with Crippen LogP contribution in [-0.4, -0.2) is 17.5 Å². The molecule has 3 heteroatoms. The highest BCUT2D eigenvalue weighted by atomic mass is 16.1. The lowest BCUT2D eigenvalue weighted by Crippen LogP contribution is -2.59. The van der Waals surface area contributed by atoms with Crippen molar-refractivity contribution in [3.8, 4) is 0 Å². The molecule has 0 aliphatic heterocycles. The van der Waals surface area contributed by atoms with Crippen LogP contribution in [0.25, 0.3) is 4.85 Å². The number of amides is 1. The zero-order chi connectivity index (χ0) is 18.4. The quantitative estimate of drug-likeness (QED) is 0.442. The second kappa shape index (κ2) is 6.45. The molecule has 1 N–H and O–H groups in total. The van der Waals surface area contributed by atoms with E-state index in [2.05, 4.69) is 44.4 Å². The third kappa shape index (κ3) is 2.92. The van der Waals surface area contributed by atoms with Crippen molar-refractivity contribution in [2.24, 2.45) is 35.5 Å². The minimum atomic E-state index is -0.197. The van der Waals surface area contributed by atoms with Crippen LogP contribution in [0.15, 0.2) is 12.2 Å². The van der Waals surface area contributed by atoms with Crippen molar-refractivity contribution in [3.63, 3.8) is 0 Å². The van der Waals surface area contributed by atoms with E-state index in [-0.39, 0.29) is 11.1 Å². The van der Waals surface area contributed by atoms with E-state index in [9.17, 15) is 4.79 Å². The molecule has 0 saturated heterocycles. The minimum absolute atomic E-state index is 0.177. The Morgan fingerprint density at radius 1 is 1.40 bits per heavy atom. The number of hydrogen-bond acceptors (Lipinski definition) is 1. The lowest BCUT2D eigenvalue weighted by Gasteiger charge is -2.58. The van der Waals surface area contributed by atoms with Gasteiger partial charge in [-0.05, 0) is 69.6 Å². The predicted molar refractivity (Wildman–Crippen MR) is 102 cm³/mol. The van der Waals surface area contributed by atoms with Gasteiger partial charge in [0.05, 0.1) is 0 Å². The first kappa shape index (κ1) is 18.5. The largest absolute Gasteiger partial charge is 0.354 e. The summed E-state index contributed by atoms with van der Waals surface area (Å²) in [4.78, 5) is 15.3. The molecule has 3 nitrogen and oxygen atoms in total. The van der Waals surface area contributed by atoms with E-state index in [4.69, 9.17) is 6.57 Å². The van der Waals surface area contributed by atoms with E-state index < -0.39 is 0 Å². The second-order valence-electron chi connectivity index (χ2n) is 9.78. The highest BCUT2D eigenvalue weighted by molar-refractivity contribution is 5.47. The van der Waals surface area contributed by atoms with Gasteiger partial charge in [-0.3, -0.25) is 4.79 Å². The minimum Gasteiger partial charge on any atom is -0.354 e. The maximum absolute atomic E-state index is 11.0. The van der Waals surface area contributed by atoms with E-state index >= 15 is 0 Å². The zero-order valence-electron chi connectivity index (χ0n) is 16.3. The molecular weight excluding hydrogens is 308 g/mol. The van der Waals surface area contributed by atoms with Crippen LogP contribution in [-0.2, 0) is 4.79 Å². The summed E-state index contributed by atoms with van der Waals surface area (Å²) >= 11 is 0. The molecule has 0 unspecified atom stereocenters. The van der Waals surface area contributed by atoms with Crippen LogP contribution in [0.5, 0.6) is 0 Å². The van der Waals surface area contributed by atoms with Crippen LogP contribution in [0.2, 0.25) is 0 Å². The average Bonchev–Trinajstić information content (AvgIpc) is 2.54. The Hall–Kier alpha value is -1.30. The fourth-order valence-electron chi connectivity index (χ4n) is 6.73. The van der Waals surface area contributed by atoms with E-state index in [0.717, 1.165) is 25.7 Å². The number of carbonyl (C=O) groups excluding carboxylic acids is 1. The zero-order valence-corrected chi connectivity index (χ0v) is 16.3. The Morgan fingerprint density at radius 3 is 2.76 bits per heavy atom. The van der Waals surface area contributed by atoms with Crippen LogP contribution in [0.4, 0.5) is 0 Å². The van der Waals surface area contributed by atoms with Crippen LogP contribution in [0.3, 0.4) is 0 Å². The van der Waals surface area contributed by atoms with E-state index in [1.54, 1.807) is 0 Å². The first-order valence-corrected chi connectivity index (χ1v) is 10.0. The summed E-state index contributed by atoms with van der Waals surface area (Å²) in [6, 6.07) is 0. The first-order chi connectivity index (χ1) is 11.8. The normalized spacial score (nSPS) is 43.7. The summed E-state index contributed by atoms with van der Waals surface area (Å²) in [5.74, 6) is 3.28. The fourth-order valence-corrected chi connectivity index (χ4v) is 6.73. The highest BCUT2D eigenvalue weighted by Gasteiger charge is 2.64. The Bertz CT molecular complexity index is 589. The third-order valence-corrected chi connectivity index (χ3v) is 7.87. The lowest BCUT2D eigenvalue weighted by atomic mass is 9.45. The van der Waals surface area contributed by atoms with Crippen molar-refractivity contribution in [3.05, 3.63) is 23.6 Å². The Labute approximate surface area is 153 Å². The van der Waals surface area contributed by atoms with Gasteiger partial charge in [-0.25, -0.2) is 6.57 Å². The number of nitrogens with zero attached hydrogens (tertiary/aromatic N) is 1. The Kier molecular flexibility index (Phi) is 4.77. The molecule has 0 spiro atoms. The molecule has 3 saturated carbocycles. The molecule has 3 rings (SSSR count). The number of hydrogen-bond donors (Lipinski definition) is 1. The smallest absolute Gasteiger partial charge is 0.239 e. The van der Waals surface area contributed by atoms with E-state index in [0.29, 0.717) is 35.5 Å². The molecule has 0 bridgehead atoms. The summed E-state index contributed by atoms with van der Waals surface area (Å²) in [7, 11) is 0. The van der Waals surface area contributed by atoms with Crippen molar-refractivity contribution < 1.29 is 4.79 Å². The van der Waals surface area contributed by atoms with Crippen molar-refractivity contribution in [1.82, 2.24) is 5.32 Å². The molecule has 0 aromatic heterocycles. The Balaban J connectivity index is 1.98. The van der Waals surface area contributed by atoms with Crippen LogP contribution >= 0.6 is 0 Å². The summed E-state index contributed by atoms with van der Waals surface area (Å²) < 4.78 is 0. The summed E-state index contributed by atoms with van der Waals surface area (Å²) in [5.41, 5.74) is 1.00. The van der Waals surface area contributed by atoms with Gasteiger partial charge in [-0.15, -0.1) is 0 Å². The molecule has 138 valence electrons. The van der Waals surface area contributed by atoms with Gasteiger partial charge < -0.3 is 10.2 Å². The molecule has 0 heterocycles. The topological polar surface area (TPSA) is 33.5 Å². The number of allylic oxidation sites excluding steroid dienone is 1. The SMILES string of the molecule is [C-]#[N+][C@@]12CCC(=C)[C@H]3[C@H](CC(C)(C)NC=O)C[C@H](C)[C@@H](CC[C@@H]1C)[C@@H]32. The van der Waals surface area contributed by atoms with Crippen molar-refractivity contribution in [2.45, 2.75) is 77.3 Å². The first-order valence-electron chi connectivity index (χ1n) is 10.0. The van der Waals surface area contributed by atoms with Crippen molar-refractivity contribution in [1.29, 1.82) is 0 Å². The van der Waals surface area contributed by atoms with Gasteiger partial charge >= 0.3 is 0 Å². The van der Waals surface area contributed by atoms with Crippen molar-refractivity contribution >= 4 is 6.41 Å². The predicted octanol–water partition coefficient (Wildman–Crippen LogP) is 4.84. The average molecular weight is 343 g/mol. The van der Waals surface area contributed by atoms with Crippen LogP contribution in [0, 0.1) is 42.1 Å². The molecule has 3 aliphatic rings. The third-order valence-electron chi connectivity index (χ3n) is 7.87. The second-order valence-corrected chi connectivity index (χ2v) is 9.78. The summed E-state index contributed by atoms with van der Waals surface area (Å²) in [6.07, 6.45) is 7.50. The number of carbonyl (C=O) groups is 1. The molecule has 1 amide bonds. The number of rotatable bonds is 4. The maximum atomic E-state index is 11.0. The van der Waals surface area contributed by atoms with Crippen LogP contribution in [0.1, 0.15) is 66.2 Å². The standard InChI is InChI=1S/C22H34N2O/c1-14-9-10-22(23-6)16(3)7-8-18-15(2)11-17(19(14)20(18)22)12-21(4,5)24-13-25/h13,15-20H,1,7-12H2,2-5H3,(H,24,25)/t15-,16-,17-,18+,19-,20-,22-/m0/s1. The Morgan fingerprint density at radius 2 is 2.12 bits per heavy atom. The van der Waals surface area contributed by atoms with Gasteiger partial charge in [0.15, 0.2) is 0 Å². The van der Waals surface area contributed by atoms with Gasteiger partial charge in [0, 0.05) is 23.8 Å².